The Morgan fingerprint density at radius 1 is 1.00 bits per heavy atom. The highest BCUT2D eigenvalue weighted by molar-refractivity contribution is 7.92. The van der Waals surface area contributed by atoms with Gasteiger partial charge in [-0.2, -0.15) is 5.10 Å². The third kappa shape index (κ3) is 8.49. The van der Waals surface area contributed by atoms with Gasteiger partial charge in [0.15, 0.2) is 6.61 Å². The van der Waals surface area contributed by atoms with Crippen LogP contribution < -0.4 is 19.8 Å². The predicted molar refractivity (Wildman–Crippen MR) is 146 cm³/mol. The number of hydrazone groups is 1. The summed E-state index contributed by atoms with van der Waals surface area (Å²) in [6, 6.07) is 18.2. The summed E-state index contributed by atoms with van der Waals surface area (Å²) in [5, 5.41) is 7.35. The van der Waals surface area contributed by atoms with Crippen LogP contribution in [-0.2, 0) is 19.6 Å². The van der Waals surface area contributed by atoms with Crippen molar-refractivity contribution >= 4 is 62.6 Å². The van der Waals surface area contributed by atoms with Gasteiger partial charge < -0.3 is 10.1 Å². The van der Waals surface area contributed by atoms with E-state index in [-0.39, 0.29) is 18.2 Å². The molecule has 0 aliphatic heterocycles. The van der Waals surface area contributed by atoms with Crippen LogP contribution in [0.15, 0.2) is 71.8 Å². The van der Waals surface area contributed by atoms with E-state index in [1.165, 1.54) is 12.3 Å². The molecule has 0 fully saturated rings. The van der Waals surface area contributed by atoms with Crippen molar-refractivity contribution in [3.8, 4) is 5.75 Å². The summed E-state index contributed by atoms with van der Waals surface area (Å²) in [4.78, 5) is 24.4. The molecule has 0 bridgehead atoms. The van der Waals surface area contributed by atoms with Crippen LogP contribution in [0.5, 0.6) is 5.75 Å². The SMILES string of the molecule is Cc1ccc(N(CC(=O)N/N=C\c2ccc(OCC(=O)Nc3ccccc3Cl)cc2)S(C)(=O)=O)cc1Cl. The van der Waals surface area contributed by atoms with Gasteiger partial charge >= 0.3 is 0 Å². The van der Waals surface area contributed by atoms with Gasteiger partial charge in [-0.25, -0.2) is 13.8 Å². The van der Waals surface area contributed by atoms with Gasteiger partial charge in [0.2, 0.25) is 10.0 Å². The van der Waals surface area contributed by atoms with Crippen molar-refractivity contribution in [2.24, 2.45) is 5.10 Å². The number of anilines is 2. The minimum absolute atomic E-state index is 0.211. The number of hydrogen-bond donors (Lipinski definition) is 2. The van der Waals surface area contributed by atoms with Gasteiger partial charge in [0, 0.05) is 5.02 Å². The minimum atomic E-state index is -3.74. The highest BCUT2D eigenvalue weighted by Crippen LogP contribution is 2.25. The molecule has 2 amide bonds. The first kappa shape index (κ1) is 28.0. The molecular weight excluding hydrogens is 539 g/mol. The number of ether oxygens (including phenoxy) is 1. The molecule has 194 valence electrons. The molecule has 3 aromatic rings. The average molecular weight is 563 g/mol. The van der Waals surface area contributed by atoms with E-state index in [1.807, 2.05) is 0 Å². The van der Waals surface area contributed by atoms with Gasteiger partial charge in [-0.3, -0.25) is 13.9 Å². The average Bonchev–Trinajstić information content (AvgIpc) is 2.84. The molecule has 0 saturated heterocycles. The van der Waals surface area contributed by atoms with E-state index in [4.69, 9.17) is 27.9 Å². The van der Waals surface area contributed by atoms with Crippen LogP contribution in [0.25, 0.3) is 0 Å². The molecule has 3 rings (SSSR count). The number of para-hydroxylation sites is 1. The molecule has 37 heavy (non-hydrogen) atoms. The van der Waals surface area contributed by atoms with Crippen LogP contribution in [0.1, 0.15) is 11.1 Å². The maximum atomic E-state index is 12.3. The normalized spacial score (nSPS) is 11.2. The van der Waals surface area contributed by atoms with E-state index >= 15 is 0 Å². The number of nitrogens with zero attached hydrogens (tertiary/aromatic N) is 2. The number of nitrogens with one attached hydrogen (secondary N) is 2. The number of carbonyl (C=O) groups excluding carboxylic acids is 2. The van der Waals surface area contributed by atoms with E-state index < -0.39 is 22.5 Å². The second-order valence-electron chi connectivity index (χ2n) is 7.88. The highest BCUT2D eigenvalue weighted by atomic mass is 35.5. The molecule has 0 saturated carbocycles. The van der Waals surface area contributed by atoms with Crippen molar-refractivity contribution in [2.45, 2.75) is 6.92 Å². The topological polar surface area (TPSA) is 117 Å². The van der Waals surface area contributed by atoms with Crippen molar-refractivity contribution in [2.75, 3.05) is 29.0 Å². The molecule has 0 heterocycles. The van der Waals surface area contributed by atoms with Gasteiger partial charge in [-0.1, -0.05) is 41.4 Å². The van der Waals surface area contributed by atoms with E-state index in [0.29, 0.717) is 27.0 Å². The van der Waals surface area contributed by atoms with Crippen LogP contribution in [0.4, 0.5) is 11.4 Å². The fraction of sp³-hybridized carbons (Fsp3) is 0.160. The summed E-state index contributed by atoms with van der Waals surface area (Å²) in [5.74, 6) is -0.545. The summed E-state index contributed by atoms with van der Waals surface area (Å²) < 4.78 is 30.8. The first-order valence-corrected chi connectivity index (χ1v) is 13.5. The first-order valence-electron chi connectivity index (χ1n) is 10.9. The van der Waals surface area contributed by atoms with Crippen LogP contribution in [0.2, 0.25) is 10.0 Å². The molecule has 12 heteroatoms. The number of carbonyl (C=O) groups is 2. The number of rotatable bonds is 10. The van der Waals surface area contributed by atoms with Crippen LogP contribution in [0, 0.1) is 6.92 Å². The summed E-state index contributed by atoms with van der Waals surface area (Å²) in [6.45, 7) is 1.10. The van der Waals surface area contributed by atoms with Crippen LogP contribution >= 0.6 is 23.2 Å². The number of halogens is 2. The Hall–Kier alpha value is -3.60. The zero-order valence-electron chi connectivity index (χ0n) is 19.9. The van der Waals surface area contributed by atoms with Crippen molar-refractivity contribution in [3.05, 3.63) is 87.9 Å². The number of hydrogen-bond acceptors (Lipinski definition) is 6. The maximum Gasteiger partial charge on any atom is 0.262 e. The summed E-state index contributed by atoms with van der Waals surface area (Å²) in [5.41, 5.74) is 4.49. The monoisotopic (exact) mass is 562 g/mol. The van der Waals surface area contributed by atoms with Gasteiger partial charge in [0.05, 0.1) is 28.9 Å². The van der Waals surface area contributed by atoms with Gasteiger partial charge in [0.1, 0.15) is 12.3 Å². The number of amides is 2. The Bertz CT molecular complexity index is 1410. The Labute approximate surface area is 225 Å². The molecule has 0 atom stereocenters. The smallest absolute Gasteiger partial charge is 0.262 e. The Morgan fingerprint density at radius 3 is 2.35 bits per heavy atom. The zero-order chi connectivity index (χ0) is 27.0. The number of benzene rings is 3. The quantitative estimate of drug-likeness (QED) is 0.283. The molecular formula is C25H24Cl2N4O5S. The van der Waals surface area contributed by atoms with Crippen LogP contribution in [0.3, 0.4) is 0 Å². The van der Waals surface area contributed by atoms with Crippen molar-refractivity contribution in [1.82, 2.24) is 5.43 Å². The van der Waals surface area contributed by atoms with Crippen LogP contribution in [-0.4, -0.2) is 45.9 Å². The molecule has 0 aromatic heterocycles. The fourth-order valence-corrected chi connectivity index (χ4v) is 4.24. The summed E-state index contributed by atoms with van der Waals surface area (Å²) in [7, 11) is -3.74. The van der Waals surface area contributed by atoms with Gasteiger partial charge in [-0.05, 0) is 66.6 Å². The number of sulfonamides is 1. The Kier molecular flexibility index (Phi) is 9.51. The molecule has 0 aliphatic carbocycles. The second-order valence-corrected chi connectivity index (χ2v) is 10.6. The lowest BCUT2D eigenvalue weighted by molar-refractivity contribution is -0.119. The third-order valence-corrected chi connectivity index (χ3v) is 6.81. The highest BCUT2D eigenvalue weighted by Gasteiger charge is 2.21. The van der Waals surface area contributed by atoms with E-state index in [9.17, 15) is 18.0 Å². The van der Waals surface area contributed by atoms with E-state index in [2.05, 4.69) is 15.8 Å². The van der Waals surface area contributed by atoms with Gasteiger partial charge in [0.25, 0.3) is 11.8 Å². The molecule has 0 unspecified atom stereocenters. The largest absolute Gasteiger partial charge is 0.484 e. The fourth-order valence-electron chi connectivity index (χ4n) is 3.03. The number of aryl methyl sites for hydroxylation is 1. The van der Waals surface area contributed by atoms with Crippen molar-refractivity contribution in [3.63, 3.8) is 0 Å². The Morgan fingerprint density at radius 2 is 1.70 bits per heavy atom. The minimum Gasteiger partial charge on any atom is -0.484 e. The molecule has 0 aliphatic rings. The lowest BCUT2D eigenvalue weighted by atomic mass is 10.2. The molecule has 9 nitrogen and oxygen atoms in total. The first-order chi connectivity index (χ1) is 17.5. The van der Waals surface area contributed by atoms with E-state index in [1.54, 1.807) is 67.6 Å². The second kappa shape index (κ2) is 12.6. The lowest BCUT2D eigenvalue weighted by Crippen LogP contribution is -2.39. The van der Waals surface area contributed by atoms with Crippen molar-refractivity contribution < 1.29 is 22.7 Å². The zero-order valence-corrected chi connectivity index (χ0v) is 22.3. The van der Waals surface area contributed by atoms with Gasteiger partial charge in [-0.15, -0.1) is 0 Å². The summed E-state index contributed by atoms with van der Waals surface area (Å²) >= 11 is 12.1. The molecule has 2 N–H and O–H groups in total. The third-order valence-electron chi connectivity index (χ3n) is 4.93. The molecule has 0 radical (unpaired) electrons. The van der Waals surface area contributed by atoms with Crippen molar-refractivity contribution in [1.29, 1.82) is 0 Å². The molecule has 3 aromatic carbocycles. The Balaban J connectivity index is 1.51. The summed E-state index contributed by atoms with van der Waals surface area (Å²) in [6.07, 6.45) is 2.39. The lowest BCUT2D eigenvalue weighted by Gasteiger charge is -2.21. The predicted octanol–water partition coefficient (Wildman–Crippen LogP) is 4.24. The molecule has 0 spiro atoms. The standard InChI is InChI=1S/C25H24Cl2N4O5S/c1-17-7-10-19(13-22(17)27)31(37(2,34)35)15-24(32)30-28-14-18-8-11-20(12-9-18)36-16-25(33)29-23-6-4-3-5-21(23)26/h3-14H,15-16H2,1-2H3,(H,29,33)(H,30,32)/b28-14-. The van der Waals surface area contributed by atoms with E-state index in [0.717, 1.165) is 16.1 Å². The maximum absolute atomic E-state index is 12.3.